The third kappa shape index (κ3) is 2.13. The number of fused-ring (bicyclic) bond motifs is 1. The fourth-order valence-corrected chi connectivity index (χ4v) is 2.83. The second-order valence-electron chi connectivity index (χ2n) is 3.27. The van der Waals surface area contributed by atoms with Gasteiger partial charge in [0.25, 0.3) is 0 Å². The minimum atomic E-state index is -0.767. The van der Waals surface area contributed by atoms with Crippen LogP contribution in [0.4, 0.5) is 0 Å². The van der Waals surface area contributed by atoms with Crippen molar-refractivity contribution in [1.29, 1.82) is 0 Å². The van der Waals surface area contributed by atoms with Crippen molar-refractivity contribution in [2.45, 2.75) is 12.8 Å². The summed E-state index contributed by atoms with van der Waals surface area (Å²) in [6.07, 6.45) is 0.730. The predicted octanol–water partition coefficient (Wildman–Crippen LogP) is 3.57. The summed E-state index contributed by atoms with van der Waals surface area (Å²) in [6, 6.07) is 5.72. The number of carboxylic acids is 1. The van der Waals surface area contributed by atoms with Gasteiger partial charge in [-0.2, -0.15) is 0 Å². The van der Waals surface area contributed by atoms with Crippen LogP contribution in [-0.2, 0) is 11.2 Å². The monoisotopic (exact) mass is 240 g/mol. The average molecular weight is 241 g/mol. The molecule has 0 amide bonds. The molecule has 1 aromatic carbocycles. The van der Waals surface area contributed by atoms with Crippen molar-refractivity contribution in [2.24, 2.45) is 0 Å². The van der Waals surface area contributed by atoms with Gasteiger partial charge < -0.3 is 5.11 Å². The molecule has 0 unspecified atom stereocenters. The first-order valence-corrected chi connectivity index (χ1v) is 5.80. The van der Waals surface area contributed by atoms with Gasteiger partial charge in [0.2, 0.25) is 0 Å². The van der Waals surface area contributed by atoms with Crippen LogP contribution in [0.3, 0.4) is 0 Å². The molecule has 1 aromatic heterocycles. The topological polar surface area (TPSA) is 37.3 Å². The minimum Gasteiger partial charge on any atom is -0.481 e. The quantitative estimate of drug-likeness (QED) is 0.891. The summed E-state index contributed by atoms with van der Waals surface area (Å²) in [5, 5.41) is 12.4. The van der Waals surface area contributed by atoms with Crippen LogP contribution in [0.25, 0.3) is 10.1 Å². The first-order chi connectivity index (χ1) is 7.18. The molecule has 0 spiro atoms. The highest BCUT2D eigenvalue weighted by Crippen LogP contribution is 2.32. The number of hydrogen-bond acceptors (Lipinski definition) is 2. The molecule has 0 radical (unpaired) electrons. The largest absolute Gasteiger partial charge is 0.481 e. The van der Waals surface area contributed by atoms with Crippen LogP contribution in [0.15, 0.2) is 23.6 Å². The van der Waals surface area contributed by atoms with Gasteiger partial charge in [0, 0.05) is 6.42 Å². The maximum Gasteiger partial charge on any atom is 0.303 e. The van der Waals surface area contributed by atoms with Crippen molar-refractivity contribution in [3.8, 4) is 0 Å². The molecule has 15 heavy (non-hydrogen) atoms. The number of benzene rings is 1. The molecule has 1 N–H and O–H groups in total. The molecular weight excluding hydrogens is 232 g/mol. The Labute approximate surface area is 96.1 Å². The highest BCUT2D eigenvalue weighted by molar-refractivity contribution is 7.18. The van der Waals surface area contributed by atoms with Crippen molar-refractivity contribution in [1.82, 2.24) is 0 Å². The predicted molar refractivity (Wildman–Crippen MR) is 62.8 cm³/mol. The van der Waals surface area contributed by atoms with E-state index in [4.69, 9.17) is 16.7 Å². The van der Waals surface area contributed by atoms with Crippen molar-refractivity contribution in [3.05, 3.63) is 34.2 Å². The van der Waals surface area contributed by atoms with E-state index in [2.05, 4.69) is 0 Å². The molecule has 0 aliphatic carbocycles. The van der Waals surface area contributed by atoms with Crippen LogP contribution in [-0.4, -0.2) is 11.1 Å². The van der Waals surface area contributed by atoms with Gasteiger partial charge in [-0.15, -0.1) is 11.3 Å². The number of halogens is 1. The molecule has 0 atom stereocenters. The molecular formula is C11H9ClO2S. The van der Waals surface area contributed by atoms with Crippen LogP contribution >= 0.6 is 22.9 Å². The third-order valence-corrected chi connectivity index (χ3v) is 3.75. The van der Waals surface area contributed by atoms with E-state index in [1.165, 1.54) is 0 Å². The first kappa shape index (κ1) is 10.5. The first-order valence-electron chi connectivity index (χ1n) is 4.55. The fourth-order valence-electron chi connectivity index (χ4n) is 1.51. The molecule has 0 fully saturated rings. The summed E-state index contributed by atoms with van der Waals surface area (Å²) >= 11 is 7.59. The number of aryl methyl sites for hydroxylation is 1. The van der Waals surface area contributed by atoms with Crippen LogP contribution in [0.1, 0.15) is 12.0 Å². The maximum atomic E-state index is 10.5. The Kier molecular flexibility index (Phi) is 2.93. The second kappa shape index (κ2) is 4.21. The van der Waals surface area contributed by atoms with E-state index in [9.17, 15) is 4.79 Å². The fraction of sp³-hybridized carbons (Fsp3) is 0.182. The smallest absolute Gasteiger partial charge is 0.303 e. The van der Waals surface area contributed by atoms with Gasteiger partial charge >= 0.3 is 5.97 Å². The summed E-state index contributed by atoms with van der Waals surface area (Å²) in [5.41, 5.74) is 1.07. The summed E-state index contributed by atoms with van der Waals surface area (Å²) in [6.45, 7) is 0. The van der Waals surface area contributed by atoms with Crippen LogP contribution < -0.4 is 0 Å². The number of rotatable bonds is 3. The Balaban J connectivity index is 2.37. The molecule has 0 aliphatic rings. The second-order valence-corrected chi connectivity index (χ2v) is 4.56. The van der Waals surface area contributed by atoms with Gasteiger partial charge in [-0.05, 0) is 28.8 Å². The molecule has 0 aliphatic heterocycles. The molecule has 0 saturated carbocycles. The highest BCUT2D eigenvalue weighted by atomic mass is 35.5. The number of aliphatic carboxylic acids is 1. The SMILES string of the molecule is O=C(O)CCc1csc2c(Cl)cccc12. The van der Waals surface area contributed by atoms with Gasteiger partial charge in [0.1, 0.15) is 0 Å². The summed E-state index contributed by atoms with van der Waals surface area (Å²) in [5.74, 6) is -0.767. The number of thiophene rings is 1. The zero-order chi connectivity index (χ0) is 10.8. The van der Waals surface area contributed by atoms with E-state index in [0.717, 1.165) is 20.7 Å². The Bertz CT molecular complexity index is 504. The number of carbonyl (C=O) groups is 1. The van der Waals surface area contributed by atoms with Crippen LogP contribution in [0, 0.1) is 0 Å². The lowest BCUT2D eigenvalue weighted by Crippen LogP contribution is -1.96. The average Bonchev–Trinajstić information content (AvgIpc) is 2.59. The summed E-state index contributed by atoms with van der Waals surface area (Å²) in [7, 11) is 0. The van der Waals surface area contributed by atoms with Crippen molar-refractivity contribution in [3.63, 3.8) is 0 Å². The molecule has 78 valence electrons. The van der Waals surface area contributed by atoms with Gasteiger partial charge in [-0.1, -0.05) is 23.7 Å². The van der Waals surface area contributed by atoms with Crippen molar-refractivity contribution in [2.75, 3.05) is 0 Å². The van der Waals surface area contributed by atoms with E-state index in [1.54, 1.807) is 11.3 Å². The lowest BCUT2D eigenvalue weighted by molar-refractivity contribution is -0.136. The maximum absolute atomic E-state index is 10.5. The van der Waals surface area contributed by atoms with Crippen molar-refractivity contribution >= 4 is 39.0 Å². The van der Waals surface area contributed by atoms with Gasteiger partial charge in [0.15, 0.2) is 0 Å². The molecule has 4 heteroatoms. The highest BCUT2D eigenvalue weighted by Gasteiger charge is 2.07. The Morgan fingerprint density at radius 3 is 3.00 bits per heavy atom. The lowest BCUT2D eigenvalue weighted by Gasteiger charge is -1.97. The van der Waals surface area contributed by atoms with Gasteiger partial charge in [-0.25, -0.2) is 0 Å². The van der Waals surface area contributed by atoms with Crippen LogP contribution in [0.2, 0.25) is 5.02 Å². The zero-order valence-corrected chi connectivity index (χ0v) is 9.44. The van der Waals surface area contributed by atoms with E-state index < -0.39 is 5.97 Å². The normalized spacial score (nSPS) is 10.7. The van der Waals surface area contributed by atoms with E-state index in [-0.39, 0.29) is 6.42 Å². The molecule has 2 aromatic rings. The van der Waals surface area contributed by atoms with E-state index >= 15 is 0 Å². The molecule has 1 heterocycles. The van der Waals surface area contributed by atoms with Gasteiger partial charge in [0.05, 0.1) is 9.72 Å². The Morgan fingerprint density at radius 1 is 1.47 bits per heavy atom. The summed E-state index contributed by atoms with van der Waals surface area (Å²) in [4.78, 5) is 10.5. The molecule has 0 bridgehead atoms. The number of carboxylic acid groups (broad SMARTS) is 1. The minimum absolute atomic E-state index is 0.165. The standard InChI is InChI=1S/C11H9ClO2S/c12-9-3-1-2-8-7(4-5-10(13)14)6-15-11(8)9/h1-3,6H,4-5H2,(H,13,14). The zero-order valence-electron chi connectivity index (χ0n) is 7.87. The Morgan fingerprint density at radius 2 is 2.27 bits per heavy atom. The van der Waals surface area contributed by atoms with Gasteiger partial charge in [-0.3, -0.25) is 4.79 Å². The van der Waals surface area contributed by atoms with E-state index in [1.807, 2.05) is 23.6 Å². The third-order valence-electron chi connectivity index (χ3n) is 2.24. The van der Waals surface area contributed by atoms with Crippen molar-refractivity contribution < 1.29 is 9.90 Å². The van der Waals surface area contributed by atoms with E-state index in [0.29, 0.717) is 6.42 Å². The van der Waals surface area contributed by atoms with Crippen LogP contribution in [0.5, 0.6) is 0 Å². The lowest BCUT2D eigenvalue weighted by atomic mass is 10.1. The number of hydrogen-bond donors (Lipinski definition) is 1. The molecule has 0 saturated heterocycles. The Hall–Kier alpha value is -1.06. The molecule has 2 rings (SSSR count). The summed E-state index contributed by atoms with van der Waals surface area (Å²) < 4.78 is 1.04. The molecule has 2 nitrogen and oxygen atoms in total.